The summed E-state index contributed by atoms with van der Waals surface area (Å²) in [5.74, 6) is 3.24. The van der Waals surface area contributed by atoms with E-state index >= 15 is 0 Å². The molecule has 0 N–H and O–H groups in total. The van der Waals surface area contributed by atoms with Gasteiger partial charge in [0, 0.05) is 5.75 Å². The van der Waals surface area contributed by atoms with Gasteiger partial charge in [-0.05, 0) is 29.9 Å². The van der Waals surface area contributed by atoms with Crippen molar-refractivity contribution in [1.29, 1.82) is 0 Å². The van der Waals surface area contributed by atoms with Crippen LogP contribution in [0.15, 0.2) is 24.3 Å². The van der Waals surface area contributed by atoms with Gasteiger partial charge in [0.25, 0.3) is 0 Å². The molecule has 0 amide bonds. The van der Waals surface area contributed by atoms with Crippen LogP contribution in [0.3, 0.4) is 0 Å². The van der Waals surface area contributed by atoms with Gasteiger partial charge in [-0.3, -0.25) is 0 Å². The van der Waals surface area contributed by atoms with E-state index in [1.54, 1.807) is 0 Å². The van der Waals surface area contributed by atoms with Gasteiger partial charge in [0.05, 0.1) is 6.61 Å². The molecule has 0 atom stereocenters. The minimum atomic E-state index is 0.811. The van der Waals surface area contributed by atoms with E-state index in [2.05, 4.69) is 32.0 Å². The monoisotopic (exact) mass is 210 g/mol. The Balaban J connectivity index is 2.34. The first-order valence-corrected chi connectivity index (χ1v) is 6.31. The lowest BCUT2D eigenvalue weighted by atomic mass is 10.2. The largest absolute Gasteiger partial charge is 0.493 e. The molecule has 0 bridgehead atoms. The van der Waals surface area contributed by atoms with Crippen molar-refractivity contribution in [3.63, 3.8) is 0 Å². The zero-order valence-electron chi connectivity index (χ0n) is 8.95. The summed E-state index contributed by atoms with van der Waals surface area (Å²) in [7, 11) is 0. The fourth-order valence-corrected chi connectivity index (χ4v) is 1.71. The first-order valence-electron chi connectivity index (χ1n) is 5.16. The highest BCUT2D eigenvalue weighted by Gasteiger charge is 1.94. The van der Waals surface area contributed by atoms with Crippen molar-refractivity contribution in [1.82, 2.24) is 0 Å². The van der Waals surface area contributed by atoms with Crippen LogP contribution in [-0.2, 0) is 6.42 Å². The van der Waals surface area contributed by atoms with Gasteiger partial charge < -0.3 is 4.74 Å². The Morgan fingerprint density at radius 2 is 2.14 bits per heavy atom. The van der Waals surface area contributed by atoms with Gasteiger partial charge in [0.15, 0.2) is 0 Å². The summed E-state index contributed by atoms with van der Waals surface area (Å²) < 4.78 is 5.63. The maximum absolute atomic E-state index is 5.63. The highest BCUT2D eigenvalue weighted by atomic mass is 32.2. The van der Waals surface area contributed by atoms with Crippen LogP contribution in [0.2, 0.25) is 0 Å². The quantitative estimate of drug-likeness (QED) is 0.666. The Bertz CT molecular complexity index is 260. The van der Waals surface area contributed by atoms with Crippen molar-refractivity contribution in [2.75, 3.05) is 18.1 Å². The van der Waals surface area contributed by atoms with Gasteiger partial charge in [-0.2, -0.15) is 11.8 Å². The minimum absolute atomic E-state index is 0.811. The third-order valence-electron chi connectivity index (χ3n) is 2.01. The molecule has 14 heavy (non-hydrogen) atoms. The van der Waals surface area contributed by atoms with Crippen molar-refractivity contribution in [3.05, 3.63) is 29.8 Å². The molecule has 0 aliphatic heterocycles. The van der Waals surface area contributed by atoms with Crippen molar-refractivity contribution >= 4 is 11.8 Å². The Morgan fingerprint density at radius 1 is 1.29 bits per heavy atom. The average molecular weight is 210 g/mol. The molecule has 0 saturated heterocycles. The molecule has 1 rings (SSSR count). The highest BCUT2D eigenvalue weighted by molar-refractivity contribution is 7.99. The number of aryl methyl sites for hydroxylation is 1. The van der Waals surface area contributed by atoms with Crippen LogP contribution >= 0.6 is 11.8 Å². The van der Waals surface area contributed by atoms with Crippen LogP contribution in [0, 0.1) is 0 Å². The molecule has 0 radical (unpaired) electrons. The number of thioether (sulfide) groups is 1. The number of benzene rings is 1. The van der Waals surface area contributed by atoms with Crippen LogP contribution in [0.1, 0.15) is 19.4 Å². The van der Waals surface area contributed by atoms with E-state index in [9.17, 15) is 0 Å². The molecule has 0 saturated carbocycles. The molecule has 1 nitrogen and oxygen atoms in total. The lowest BCUT2D eigenvalue weighted by molar-refractivity contribution is 0.343. The van der Waals surface area contributed by atoms with Crippen molar-refractivity contribution in [2.45, 2.75) is 20.3 Å². The molecule has 0 spiro atoms. The number of hydrogen-bond acceptors (Lipinski definition) is 2. The minimum Gasteiger partial charge on any atom is -0.493 e. The molecule has 1 aromatic rings. The van der Waals surface area contributed by atoms with Gasteiger partial charge in [-0.1, -0.05) is 26.0 Å². The lowest BCUT2D eigenvalue weighted by Gasteiger charge is -2.06. The highest BCUT2D eigenvalue weighted by Crippen LogP contribution is 2.14. The number of hydrogen-bond donors (Lipinski definition) is 0. The molecule has 1 aromatic carbocycles. The van der Waals surface area contributed by atoms with E-state index in [-0.39, 0.29) is 0 Å². The molecule has 0 unspecified atom stereocenters. The standard InChI is InChI=1S/C12H18OS/c1-3-11-6-5-7-12(10-11)13-8-9-14-4-2/h5-7,10H,3-4,8-9H2,1-2H3. The van der Waals surface area contributed by atoms with E-state index in [4.69, 9.17) is 4.74 Å². The van der Waals surface area contributed by atoms with Gasteiger partial charge >= 0.3 is 0 Å². The number of ether oxygens (including phenoxy) is 1. The zero-order valence-corrected chi connectivity index (χ0v) is 9.77. The second-order valence-corrected chi connectivity index (χ2v) is 4.44. The topological polar surface area (TPSA) is 9.23 Å². The van der Waals surface area contributed by atoms with E-state index in [0.29, 0.717) is 0 Å². The molecule has 0 aliphatic rings. The van der Waals surface area contributed by atoms with Crippen LogP contribution in [0.5, 0.6) is 5.75 Å². The van der Waals surface area contributed by atoms with Gasteiger partial charge in [-0.15, -0.1) is 0 Å². The molecule has 0 aromatic heterocycles. The Morgan fingerprint density at radius 3 is 2.86 bits per heavy atom. The molecule has 0 fully saturated rings. The Hall–Kier alpha value is -0.630. The summed E-state index contributed by atoms with van der Waals surface area (Å²) in [5.41, 5.74) is 1.34. The fourth-order valence-electron chi connectivity index (χ4n) is 1.22. The van der Waals surface area contributed by atoms with E-state index in [0.717, 1.165) is 24.5 Å². The van der Waals surface area contributed by atoms with E-state index in [1.165, 1.54) is 11.3 Å². The average Bonchev–Trinajstić information content (AvgIpc) is 2.25. The third kappa shape index (κ3) is 4.05. The first-order chi connectivity index (χ1) is 6.86. The van der Waals surface area contributed by atoms with Crippen LogP contribution < -0.4 is 4.74 Å². The normalized spacial score (nSPS) is 10.1. The van der Waals surface area contributed by atoms with Gasteiger partial charge in [0.1, 0.15) is 5.75 Å². The Kier molecular flexibility index (Phi) is 5.53. The van der Waals surface area contributed by atoms with Crippen LogP contribution in [-0.4, -0.2) is 18.1 Å². The molecule has 2 heteroatoms. The van der Waals surface area contributed by atoms with Crippen LogP contribution in [0.25, 0.3) is 0 Å². The second-order valence-electron chi connectivity index (χ2n) is 3.05. The summed E-state index contributed by atoms with van der Waals surface area (Å²) >= 11 is 1.91. The smallest absolute Gasteiger partial charge is 0.119 e. The maximum Gasteiger partial charge on any atom is 0.119 e. The third-order valence-corrected chi connectivity index (χ3v) is 2.87. The molecule has 78 valence electrons. The summed E-state index contributed by atoms with van der Waals surface area (Å²) in [6, 6.07) is 8.33. The molecule has 0 heterocycles. The zero-order chi connectivity index (χ0) is 10.2. The van der Waals surface area contributed by atoms with Gasteiger partial charge in [-0.25, -0.2) is 0 Å². The number of rotatable bonds is 6. The van der Waals surface area contributed by atoms with Crippen molar-refractivity contribution < 1.29 is 4.74 Å². The lowest BCUT2D eigenvalue weighted by Crippen LogP contribution is -2.00. The maximum atomic E-state index is 5.63. The predicted molar refractivity (Wildman–Crippen MR) is 64.3 cm³/mol. The van der Waals surface area contributed by atoms with Crippen molar-refractivity contribution in [3.8, 4) is 5.75 Å². The Labute approximate surface area is 90.9 Å². The summed E-state index contributed by atoms with van der Waals surface area (Å²) in [6.45, 7) is 5.14. The SMILES string of the molecule is CCSCCOc1cccc(CC)c1. The van der Waals surface area contributed by atoms with E-state index < -0.39 is 0 Å². The molecular weight excluding hydrogens is 192 g/mol. The second kappa shape index (κ2) is 6.77. The summed E-state index contributed by atoms with van der Waals surface area (Å²) in [5, 5.41) is 0. The molecular formula is C12H18OS. The van der Waals surface area contributed by atoms with Crippen LogP contribution in [0.4, 0.5) is 0 Å². The van der Waals surface area contributed by atoms with Crippen molar-refractivity contribution in [2.24, 2.45) is 0 Å². The first kappa shape index (κ1) is 11.4. The molecule has 0 aliphatic carbocycles. The fraction of sp³-hybridized carbons (Fsp3) is 0.500. The summed E-state index contributed by atoms with van der Waals surface area (Å²) in [4.78, 5) is 0. The van der Waals surface area contributed by atoms with E-state index in [1.807, 2.05) is 17.8 Å². The summed E-state index contributed by atoms with van der Waals surface area (Å²) in [6.07, 6.45) is 1.07. The predicted octanol–water partition coefficient (Wildman–Crippen LogP) is 3.38. The van der Waals surface area contributed by atoms with Gasteiger partial charge in [0.2, 0.25) is 0 Å².